The Hall–Kier alpha value is -2.34. The Morgan fingerprint density at radius 1 is 0.682 bits per heavy atom. The standard InChI is InChI=1S/C22H20/c1-17-16-22(18-10-4-2-5-11-18,19-12-6-3-7-13-19)21-15-9-8-14-20(17)21/h2-15,17H,16H2,1H3. The minimum absolute atomic E-state index is 0.0153. The van der Waals surface area contributed by atoms with Crippen LogP contribution in [0.4, 0.5) is 0 Å². The molecule has 22 heavy (non-hydrogen) atoms. The molecule has 0 bridgehead atoms. The fourth-order valence-corrected chi connectivity index (χ4v) is 4.15. The summed E-state index contributed by atoms with van der Waals surface area (Å²) in [6.07, 6.45) is 1.14. The predicted octanol–water partition coefficient (Wildman–Crippen LogP) is 5.53. The largest absolute Gasteiger partial charge is 0.0622 e. The van der Waals surface area contributed by atoms with Gasteiger partial charge in [-0.2, -0.15) is 0 Å². The Bertz CT molecular complexity index is 732. The number of benzene rings is 3. The van der Waals surface area contributed by atoms with Crippen LogP contribution >= 0.6 is 0 Å². The fourth-order valence-electron chi connectivity index (χ4n) is 4.15. The van der Waals surface area contributed by atoms with Crippen molar-refractivity contribution in [1.82, 2.24) is 0 Å². The fraction of sp³-hybridized carbons (Fsp3) is 0.182. The van der Waals surface area contributed by atoms with Crippen molar-refractivity contribution in [3.8, 4) is 0 Å². The lowest BCUT2D eigenvalue weighted by Gasteiger charge is -2.32. The lowest BCUT2D eigenvalue weighted by molar-refractivity contribution is 0.562. The van der Waals surface area contributed by atoms with E-state index in [0.29, 0.717) is 5.92 Å². The first-order valence-corrected chi connectivity index (χ1v) is 8.03. The third-order valence-corrected chi connectivity index (χ3v) is 5.10. The van der Waals surface area contributed by atoms with E-state index in [1.165, 1.54) is 22.3 Å². The molecule has 0 saturated carbocycles. The van der Waals surface area contributed by atoms with Crippen LogP contribution in [0.5, 0.6) is 0 Å². The molecule has 0 amide bonds. The molecule has 0 spiro atoms. The van der Waals surface area contributed by atoms with Gasteiger partial charge in [-0.15, -0.1) is 0 Å². The number of hydrogen-bond acceptors (Lipinski definition) is 0. The summed E-state index contributed by atoms with van der Waals surface area (Å²) in [5, 5.41) is 0. The molecule has 1 aliphatic rings. The smallest absolute Gasteiger partial charge is 0.0459 e. The van der Waals surface area contributed by atoms with E-state index in [0.717, 1.165) is 6.42 Å². The van der Waals surface area contributed by atoms with Crippen LogP contribution in [0.1, 0.15) is 41.5 Å². The van der Waals surface area contributed by atoms with Crippen LogP contribution in [0.25, 0.3) is 0 Å². The molecule has 108 valence electrons. The van der Waals surface area contributed by atoms with Gasteiger partial charge < -0.3 is 0 Å². The lowest BCUT2D eigenvalue weighted by atomic mass is 9.70. The molecule has 0 radical (unpaired) electrons. The minimum Gasteiger partial charge on any atom is -0.0622 e. The van der Waals surface area contributed by atoms with Gasteiger partial charge in [0, 0.05) is 5.41 Å². The molecule has 0 N–H and O–H groups in total. The van der Waals surface area contributed by atoms with E-state index in [4.69, 9.17) is 0 Å². The Kier molecular flexibility index (Phi) is 3.11. The Morgan fingerprint density at radius 2 is 1.18 bits per heavy atom. The van der Waals surface area contributed by atoms with Crippen molar-refractivity contribution < 1.29 is 0 Å². The molecule has 0 saturated heterocycles. The van der Waals surface area contributed by atoms with E-state index in [2.05, 4.69) is 91.9 Å². The summed E-state index contributed by atoms with van der Waals surface area (Å²) in [4.78, 5) is 0. The van der Waals surface area contributed by atoms with Crippen molar-refractivity contribution in [3.05, 3.63) is 107 Å². The summed E-state index contributed by atoms with van der Waals surface area (Å²) in [7, 11) is 0. The second-order valence-electron chi connectivity index (χ2n) is 6.33. The van der Waals surface area contributed by atoms with Gasteiger partial charge in [-0.3, -0.25) is 0 Å². The molecule has 0 heteroatoms. The highest BCUT2D eigenvalue weighted by molar-refractivity contribution is 5.57. The highest BCUT2D eigenvalue weighted by Crippen LogP contribution is 2.53. The first kappa shape index (κ1) is 13.3. The summed E-state index contributed by atoms with van der Waals surface area (Å²) in [5.74, 6) is 0.580. The monoisotopic (exact) mass is 284 g/mol. The van der Waals surface area contributed by atoms with Crippen molar-refractivity contribution in [2.24, 2.45) is 0 Å². The Labute approximate surface area is 132 Å². The molecule has 0 fully saturated rings. The van der Waals surface area contributed by atoms with Gasteiger partial charge in [-0.1, -0.05) is 91.9 Å². The molecule has 0 aromatic heterocycles. The maximum Gasteiger partial charge on any atom is 0.0459 e. The van der Waals surface area contributed by atoms with Crippen molar-refractivity contribution in [2.75, 3.05) is 0 Å². The van der Waals surface area contributed by atoms with Crippen molar-refractivity contribution in [2.45, 2.75) is 24.7 Å². The molecule has 1 atom stereocenters. The van der Waals surface area contributed by atoms with Crippen LogP contribution in [0.3, 0.4) is 0 Å². The zero-order chi connectivity index (χ0) is 15.0. The number of hydrogen-bond donors (Lipinski definition) is 0. The molecular formula is C22H20. The first-order chi connectivity index (χ1) is 10.8. The van der Waals surface area contributed by atoms with Crippen LogP contribution in [-0.4, -0.2) is 0 Å². The van der Waals surface area contributed by atoms with Crippen LogP contribution < -0.4 is 0 Å². The van der Waals surface area contributed by atoms with E-state index in [1.54, 1.807) is 0 Å². The lowest BCUT2D eigenvalue weighted by Crippen LogP contribution is -2.26. The zero-order valence-electron chi connectivity index (χ0n) is 12.9. The average molecular weight is 284 g/mol. The van der Waals surface area contributed by atoms with E-state index in [-0.39, 0.29) is 5.41 Å². The molecule has 1 unspecified atom stereocenters. The van der Waals surface area contributed by atoms with Crippen molar-refractivity contribution >= 4 is 0 Å². The summed E-state index contributed by atoms with van der Waals surface area (Å²) in [6.45, 7) is 2.35. The van der Waals surface area contributed by atoms with Gasteiger partial charge in [-0.25, -0.2) is 0 Å². The van der Waals surface area contributed by atoms with Gasteiger partial charge in [0.2, 0.25) is 0 Å². The van der Waals surface area contributed by atoms with Gasteiger partial charge >= 0.3 is 0 Å². The summed E-state index contributed by atoms with van der Waals surface area (Å²) in [6, 6.07) is 30.9. The Morgan fingerprint density at radius 3 is 1.77 bits per heavy atom. The maximum absolute atomic E-state index is 2.35. The molecule has 4 rings (SSSR count). The topological polar surface area (TPSA) is 0 Å². The predicted molar refractivity (Wildman–Crippen MR) is 92.2 cm³/mol. The third kappa shape index (κ3) is 1.84. The Balaban J connectivity index is 2.04. The second-order valence-corrected chi connectivity index (χ2v) is 6.33. The number of fused-ring (bicyclic) bond motifs is 1. The molecule has 0 heterocycles. The van der Waals surface area contributed by atoms with E-state index >= 15 is 0 Å². The van der Waals surface area contributed by atoms with Gasteiger partial charge in [0.25, 0.3) is 0 Å². The normalized spacial score (nSPS) is 18.9. The maximum atomic E-state index is 2.35. The van der Waals surface area contributed by atoms with Crippen LogP contribution in [-0.2, 0) is 5.41 Å². The second kappa shape index (κ2) is 5.14. The third-order valence-electron chi connectivity index (χ3n) is 5.10. The number of rotatable bonds is 2. The van der Waals surface area contributed by atoms with Gasteiger partial charge in [-0.05, 0) is 34.6 Å². The molecule has 3 aromatic carbocycles. The molecule has 0 aliphatic heterocycles. The van der Waals surface area contributed by atoms with E-state index < -0.39 is 0 Å². The van der Waals surface area contributed by atoms with Gasteiger partial charge in [0.15, 0.2) is 0 Å². The first-order valence-electron chi connectivity index (χ1n) is 8.03. The SMILES string of the molecule is CC1CC(c2ccccc2)(c2ccccc2)c2ccccc21. The van der Waals surface area contributed by atoms with Gasteiger partial charge in [0.1, 0.15) is 0 Å². The quantitative estimate of drug-likeness (QED) is 0.580. The van der Waals surface area contributed by atoms with Crippen LogP contribution in [0.2, 0.25) is 0 Å². The van der Waals surface area contributed by atoms with E-state index in [9.17, 15) is 0 Å². The van der Waals surface area contributed by atoms with Crippen molar-refractivity contribution in [1.29, 1.82) is 0 Å². The minimum atomic E-state index is -0.0153. The highest BCUT2D eigenvalue weighted by Gasteiger charge is 2.44. The van der Waals surface area contributed by atoms with E-state index in [1.807, 2.05) is 0 Å². The summed E-state index contributed by atoms with van der Waals surface area (Å²) >= 11 is 0. The summed E-state index contributed by atoms with van der Waals surface area (Å²) in [5.41, 5.74) is 5.75. The highest BCUT2D eigenvalue weighted by atomic mass is 14.5. The molecule has 3 aromatic rings. The van der Waals surface area contributed by atoms with Crippen molar-refractivity contribution in [3.63, 3.8) is 0 Å². The summed E-state index contributed by atoms with van der Waals surface area (Å²) < 4.78 is 0. The molecular weight excluding hydrogens is 264 g/mol. The molecule has 0 nitrogen and oxygen atoms in total. The zero-order valence-corrected chi connectivity index (χ0v) is 12.9. The van der Waals surface area contributed by atoms with Crippen LogP contribution in [0.15, 0.2) is 84.9 Å². The van der Waals surface area contributed by atoms with Gasteiger partial charge in [0.05, 0.1) is 0 Å². The molecule has 1 aliphatic carbocycles. The average Bonchev–Trinajstić information content (AvgIpc) is 2.91. The van der Waals surface area contributed by atoms with Crippen LogP contribution in [0, 0.1) is 0 Å².